The molecule has 1 unspecified atom stereocenters. The van der Waals surface area contributed by atoms with E-state index in [1.54, 1.807) is 19.5 Å². The molecule has 0 aliphatic rings. The van der Waals surface area contributed by atoms with Crippen molar-refractivity contribution in [3.05, 3.63) is 24.2 Å². The molecular formula is C12H19NO4. The summed E-state index contributed by atoms with van der Waals surface area (Å²) in [7, 11) is 1.88. The maximum absolute atomic E-state index is 11.1. The van der Waals surface area contributed by atoms with E-state index >= 15 is 0 Å². The van der Waals surface area contributed by atoms with Gasteiger partial charge in [-0.2, -0.15) is 0 Å². The van der Waals surface area contributed by atoms with E-state index in [1.807, 2.05) is 18.0 Å². The molecule has 0 aliphatic heterocycles. The van der Waals surface area contributed by atoms with Crippen molar-refractivity contribution in [2.24, 2.45) is 0 Å². The molecule has 0 bridgehead atoms. The zero-order valence-electron chi connectivity index (χ0n) is 10.3. The number of nitrogens with zero attached hydrogens (tertiary/aromatic N) is 1. The van der Waals surface area contributed by atoms with Crippen LogP contribution in [0.2, 0.25) is 0 Å². The molecule has 0 saturated heterocycles. The van der Waals surface area contributed by atoms with Crippen molar-refractivity contribution in [2.45, 2.75) is 26.0 Å². The van der Waals surface area contributed by atoms with E-state index in [-0.39, 0.29) is 12.4 Å². The Kier molecular flexibility index (Phi) is 5.72. The Hall–Kier alpha value is -1.33. The third kappa shape index (κ3) is 5.51. The predicted octanol–water partition coefficient (Wildman–Crippen LogP) is 1.03. The molecule has 0 aromatic carbocycles. The lowest BCUT2D eigenvalue weighted by Crippen LogP contribution is -2.30. The highest BCUT2D eigenvalue weighted by Crippen LogP contribution is 2.05. The summed E-state index contributed by atoms with van der Waals surface area (Å²) in [6, 6.07) is 1.87. The number of ether oxygens (including phenoxy) is 1. The second kappa shape index (κ2) is 7.09. The van der Waals surface area contributed by atoms with Crippen molar-refractivity contribution >= 4 is 5.97 Å². The topological polar surface area (TPSA) is 62.9 Å². The van der Waals surface area contributed by atoms with E-state index in [1.165, 1.54) is 0 Å². The highest BCUT2D eigenvalue weighted by atomic mass is 16.5. The maximum atomic E-state index is 11.1. The second-order valence-corrected chi connectivity index (χ2v) is 3.99. The summed E-state index contributed by atoms with van der Waals surface area (Å²) in [6.07, 6.45) is 2.60. The molecule has 1 heterocycles. The lowest BCUT2D eigenvalue weighted by molar-refractivity contribution is -0.145. The number of hydrogen-bond acceptors (Lipinski definition) is 5. The molecule has 0 saturated carbocycles. The zero-order valence-corrected chi connectivity index (χ0v) is 10.3. The van der Waals surface area contributed by atoms with Crippen molar-refractivity contribution in [2.75, 3.05) is 20.2 Å². The highest BCUT2D eigenvalue weighted by molar-refractivity contribution is 5.69. The zero-order chi connectivity index (χ0) is 12.7. The lowest BCUT2D eigenvalue weighted by Gasteiger charge is -2.19. The summed E-state index contributed by atoms with van der Waals surface area (Å²) in [5.74, 6) is -0.364. The van der Waals surface area contributed by atoms with E-state index in [2.05, 4.69) is 0 Å². The molecule has 1 N–H and O–H groups in total. The Morgan fingerprint density at radius 3 is 3.00 bits per heavy atom. The van der Waals surface area contributed by atoms with Gasteiger partial charge in [0.2, 0.25) is 0 Å². The van der Waals surface area contributed by atoms with E-state index in [0.717, 1.165) is 5.56 Å². The van der Waals surface area contributed by atoms with Crippen LogP contribution in [-0.2, 0) is 16.1 Å². The number of esters is 1. The fourth-order valence-electron chi connectivity index (χ4n) is 1.60. The molecule has 0 radical (unpaired) electrons. The van der Waals surface area contributed by atoms with Crippen LogP contribution in [0, 0.1) is 0 Å². The standard InChI is InChI=1S/C12H19NO4/c1-3-17-12(15)6-11(14)8-13(2)7-10-4-5-16-9-10/h4-5,9,11,14H,3,6-8H2,1-2H3. The third-order valence-corrected chi connectivity index (χ3v) is 2.26. The minimum absolute atomic E-state index is 0.0313. The van der Waals surface area contributed by atoms with Crippen molar-refractivity contribution < 1.29 is 19.1 Å². The number of aliphatic hydroxyl groups excluding tert-OH is 1. The molecule has 1 aromatic heterocycles. The van der Waals surface area contributed by atoms with E-state index in [0.29, 0.717) is 19.7 Å². The van der Waals surface area contributed by atoms with Crippen LogP contribution in [0.3, 0.4) is 0 Å². The first-order valence-corrected chi connectivity index (χ1v) is 5.65. The summed E-state index contributed by atoms with van der Waals surface area (Å²) in [5.41, 5.74) is 1.04. The van der Waals surface area contributed by atoms with Gasteiger partial charge in [0.15, 0.2) is 0 Å². The molecule has 96 valence electrons. The Morgan fingerprint density at radius 2 is 2.41 bits per heavy atom. The molecule has 5 heteroatoms. The Bertz CT molecular complexity index is 323. The minimum Gasteiger partial charge on any atom is -0.472 e. The summed E-state index contributed by atoms with van der Waals surface area (Å²) < 4.78 is 9.72. The maximum Gasteiger partial charge on any atom is 0.308 e. The van der Waals surface area contributed by atoms with Crippen molar-refractivity contribution in [3.8, 4) is 0 Å². The van der Waals surface area contributed by atoms with Gasteiger partial charge in [0, 0.05) is 18.7 Å². The van der Waals surface area contributed by atoms with Crippen LogP contribution < -0.4 is 0 Å². The van der Waals surface area contributed by atoms with E-state index in [4.69, 9.17) is 9.15 Å². The first-order chi connectivity index (χ1) is 8.11. The van der Waals surface area contributed by atoms with E-state index in [9.17, 15) is 9.90 Å². The minimum atomic E-state index is -0.703. The van der Waals surface area contributed by atoms with Gasteiger partial charge in [-0.05, 0) is 20.0 Å². The molecule has 17 heavy (non-hydrogen) atoms. The first-order valence-electron chi connectivity index (χ1n) is 5.65. The van der Waals surface area contributed by atoms with Crippen LogP contribution >= 0.6 is 0 Å². The van der Waals surface area contributed by atoms with Gasteiger partial charge in [-0.3, -0.25) is 9.69 Å². The second-order valence-electron chi connectivity index (χ2n) is 3.99. The predicted molar refractivity (Wildman–Crippen MR) is 62.3 cm³/mol. The van der Waals surface area contributed by atoms with Gasteiger partial charge < -0.3 is 14.3 Å². The van der Waals surface area contributed by atoms with Gasteiger partial charge >= 0.3 is 5.97 Å². The van der Waals surface area contributed by atoms with Crippen LogP contribution in [0.1, 0.15) is 18.9 Å². The number of likely N-dealkylation sites (N-methyl/N-ethyl adjacent to an activating group) is 1. The quantitative estimate of drug-likeness (QED) is 0.722. The molecule has 5 nitrogen and oxygen atoms in total. The van der Waals surface area contributed by atoms with Crippen LogP contribution in [0.4, 0.5) is 0 Å². The number of rotatable bonds is 7. The Balaban J connectivity index is 2.25. The number of furan rings is 1. The average molecular weight is 241 g/mol. The highest BCUT2D eigenvalue weighted by Gasteiger charge is 2.14. The fourth-order valence-corrected chi connectivity index (χ4v) is 1.60. The molecule has 0 spiro atoms. The summed E-state index contributed by atoms with van der Waals surface area (Å²) in [6.45, 7) is 3.19. The molecule has 1 rings (SSSR count). The summed E-state index contributed by atoms with van der Waals surface area (Å²) in [5, 5.41) is 9.68. The van der Waals surface area contributed by atoms with Crippen LogP contribution in [0.25, 0.3) is 0 Å². The van der Waals surface area contributed by atoms with Crippen molar-refractivity contribution in [3.63, 3.8) is 0 Å². The Morgan fingerprint density at radius 1 is 1.65 bits per heavy atom. The molecule has 0 aliphatic carbocycles. The van der Waals surface area contributed by atoms with E-state index < -0.39 is 6.10 Å². The Labute approximate surface area is 101 Å². The molecule has 1 atom stereocenters. The van der Waals surface area contributed by atoms with Crippen molar-refractivity contribution in [1.82, 2.24) is 4.90 Å². The third-order valence-electron chi connectivity index (χ3n) is 2.26. The van der Waals surface area contributed by atoms with Crippen LogP contribution in [0.15, 0.2) is 23.0 Å². The van der Waals surface area contributed by atoms with Gasteiger partial charge in [0.05, 0.1) is 31.7 Å². The van der Waals surface area contributed by atoms with Gasteiger partial charge in [-0.25, -0.2) is 0 Å². The fraction of sp³-hybridized carbons (Fsp3) is 0.583. The van der Waals surface area contributed by atoms with Gasteiger partial charge in [0.1, 0.15) is 0 Å². The smallest absolute Gasteiger partial charge is 0.308 e. The average Bonchev–Trinajstić information content (AvgIpc) is 2.69. The van der Waals surface area contributed by atoms with Gasteiger partial charge in [0.25, 0.3) is 0 Å². The summed E-state index contributed by atoms with van der Waals surface area (Å²) >= 11 is 0. The first kappa shape index (κ1) is 13.7. The lowest BCUT2D eigenvalue weighted by atomic mass is 10.2. The van der Waals surface area contributed by atoms with Crippen LogP contribution in [0.5, 0.6) is 0 Å². The largest absolute Gasteiger partial charge is 0.472 e. The monoisotopic (exact) mass is 241 g/mol. The van der Waals surface area contributed by atoms with Gasteiger partial charge in [-0.1, -0.05) is 0 Å². The molecular weight excluding hydrogens is 222 g/mol. The molecule has 0 amide bonds. The van der Waals surface area contributed by atoms with Gasteiger partial charge in [-0.15, -0.1) is 0 Å². The number of carbonyl (C=O) groups excluding carboxylic acids is 1. The number of hydrogen-bond donors (Lipinski definition) is 1. The molecule has 0 fully saturated rings. The number of carbonyl (C=O) groups is 1. The molecule has 1 aromatic rings. The van der Waals surface area contributed by atoms with Crippen LogP contribution in [-0.4, -0.2) is 42.3 Å². The number of aliphatic hydroxyl groups is 1. The summed E-state index contributed by atoms with van der Waals surface area (Å²) in [4.78, 5) is 13.1. The van der Waals surface area contributed by atoms with Crippen molar-refractivity contribution in [1.29, 1.82) is 0 Å². The SMILES string of the molecule is CCOC(=O)CC(O)CN(C)Cc1ccoc1. The normalized spacial score (nSPS) is 12.7.